The minimum atomic E-state index is -0.833. The molecule has 2 saturated heterocycles. The molecule has 0 spiro atoms. The fourth-order valence-electron chi connectivity index (χ4n) is 3.06. The summed E-state index contributed by atoms with van der Waals surface area (Å²) in [5.41, 5.74) is -0.833. The molecule has 2 atom stereocenters. The molecule has 104 valence electrons. The number of hydrogen-bond donors (Lipinski definition) is 2. The lowest BCUT2D eigenvalue weighted by molar-refractivity contribution is -0.144. The van der Waals surface area contributed by atoms with Crippen LogP contribution in [0.1, 0.15) is 26.2 Å². The van der Waals surface area contributed by atoms with E-state index in [1.54, 1.807) is 14.0 Å². The summed E-state index contributed by atoms with van der Waals surface area (Å²) in [6.45, 7) is 6.83. The highest BCUT2D eigenvalue weighted by Gasteiger charge is 2.37. The van der Waals surface area contributed by atoms with Crippen molar-refractivity contribution in [2.24, 2.45) is 0 Å². The summed E-state index contributed by atoms with van der Waals surface area (Å²) in [4.78, 5) is 16.1. The van der Waals surface area contributed by atoms with Crippen LogP contribution < -0.4 is 5.32 Å². The van der Waals surface area contributed by atoms with Gasteiger partial charge < -0.3 is 10.4 Å². The normalized spacial score (nSPS) is 29.6. The van der Waals surface area contributed by atoms with Crippen molar-refractivity contribution in [1.82, 2.24) is 15.1 Å². The standard InChI is InChI=1S/C13H25N3O2/c1-13(14-2,12(17)18)10-15-8-5-11(9-15)16-6-3-4-7-16/h11,14H,3-10H2,1-2H3,(H,17,18). The number of carboxylic acids is 1. The first-order chi connectivity index (χ1) is 8.55. The quantitative estimate of drug-likeness (QED) is 0.736. The number of rotatable bonds is 5. The lowest BCUT2D eigenvalue weighted by atomic mass is 10.0. The van der Waals surface area contributed by atoms with Crippen molar-refractivity contribution in [2.45, 2.75) is 37.8 Å². The second kappa shape index (κ2) is 5.55. The number of aliphatic carboxylic acids is 1. The van der Waals surface area contributed by atoms with Crippen LogP contribution in [0.3, 0.4) is 0 Å². The van der Waals surface area contributed by atoms with Gasteiger partial charge in [0.2, 0.25) is 0 Å². The van der Waals surface area contributed by atoms with Crippen LogP contribution in [0.4, 0.5) is 0 Å². The molecule has 5 nitrogen and oxygen atoms in total. The van der Waals surface area contributed by atoms with Gasteiger partial charge in [0.15, 0.2) is 0 Å². The van der Waals surface area contributed by atoms with Gasteiger partial charge in [0.1, 0.15) is 5.54 Å². The first-order valence-electron chi connectivity index (χ1n) is 6.94. The van der Waals surface area contributed by atoms with E-state index in [4.69, 9.17) is 0 Å². The summed E-state index contributed by atoms with van der Waals surface area (Å²) in [7, 11) is 1.72. The molecule has 0 aromatic rings. The zero-order valence-corrected chi connectivity index (χ0v) is 11.5. The van der Waals surface area contributed by atoms with E-state index in [2.05, 4.69) is 15.1 Å². The van der Waals surface area contributed by atoms with E-state index in [1.807, 2.05) is 0 Å². The summed E-state index contributed by atoms with van der Waals surface area (Å²) in [6, 6.07) is 0.641. The van der Waals surface area contributed by atoms with E-state index in [0.29, 0.717) is 12.6 Å². The molecule has 18 heavy (non-hydrogen) atoms. The van der Waals surface area contributed by atoms with Crippen molar-refractivity contribution >= 4 is 5.97 Å². The van der Waals surface area contributed by atoms with Crippen LogP contribution in [0, 0.1) is 0 Å². The second-order valence-electron chi connectivity index (χ2n) is 5.81. The van der Waals surface area contributed by atoms with E-state index in [-0.39, 0.29) is 0 Å². The fourth-order valence-corrected chi connectivity index (χ4v) is 3.06. The van der Waals surface area contributed by atoms with Gasteiger partial charge in [-0.15, -0.1) is 0 Å². The van der Waals surface area contributed by atoms with E-state index >= 15 is 0 Å². The summed E-state index contributed by atoms with van der Waals surface area (Å²) >= 11 is 0. The van der Waals surface area contributed by atoms with Gasteiger partial charge in [-0.3, -0.25) is 14.6 Å². The zero-order valence-electron chi connectivity index (χ0n) is 11.5. The van der Waals surface area contributed by atoms with Crippen LogP contribution in [-0.4, -0.2) is 72.2 Å². The monoisotopic (exact) mass is 255 g/mol. The Morgan fingerprint density at radius 1 is 1.39 bits per heavy atom. The second-order valence-corrected chi connectivity index (χ2v) is 5.81. The molecular formula is C13H25N3O2. The molecule has 2 N–H and O–H groups in total. The predicted octanol–water partition coefficient (Wildman–Crippen LogP) is 0.219. The summed E-state index contributed by atoms with van der Waals surface area (Å²) < 4.78 is 0. The van der Waals surface area contributed by atoms with E-state index in [9.17, 15) is 9.90 Å². The molecule has 2 aliphatic rings. The highest BCUT2D eigenvalue weighted by atomic mass is 16.4. The third kappa shape index (κ3) is 2.84. The largest absolute Gasteiger partial charge is 0.480 e. The minimum absolute atomic E-state index is 0.586. The van der Waals surface area contributed by atoms with Gasteiger partial charge in [-0.05, 0) is 52.9 Å². The third-order valence-corrected chi connectivity index (χ3v) is 4.47. The Hall–Kier alpha value is -0.650. The number of likely N-dealkylation sites (tertiary alicyclic amines) is 2. The number of likely N-dealkylation sites (N-methyl/N-ethyl adjacent to an activating group) is 1. The number of nitrogens with zero attached hydrogens (tertiary/aromatic N) is 2. The Morgan fingerprint density at radius 2 is 2.06 bits per heavy atom. The van der Waals surface area contributed by atoms with E-state index in [1.165, 1.54) is 32.4 Å². The molecular weight excluding hydrogens is 230 g/mol. The summed E-state index contributed by atoms with van der Waals surface area (Å²) in [6.07, 6.45) is 3.82. The lowest BCUT2D eigenvalue weighted by Crippen LogP contribution is -2.55. The van der Waals surface area contributed by atoms with Crippen molar-refractivity contribution in [3.05, 3.63) is 0 Å². The van der Waals surface area contributed by atoms with E-state index < -0.39 is 11.5 Å². The molecule has 0 saturated carbocycles. The predicted molar refractivity (Wildman–Crippen MR) is 70.8 cm³/mol. The van der Waals surface area contributed by atoms with Gasteiger partial charge in [-0.25, -0.2) is 0 Å². The van der Waals surface area contributed by atoms with E-state index in [0.717, 1.165) is 13.1 Å². The Morgan fingerprint density at radius 3 is 2.61 bits per heavy atom. The molecule has 0 bridgehead atoms. The van der Waals surface area contributed by atoms with Crippen LogP contribution in [0.5, 0.6) is 0 Å². The third-order valence-electron chi connectivity index (χ3n) is 4.47. The average molecular weight is 255 g/mol. The maximum Gasteiger partial charge on any atom is 0.324 e. The van der Waals surface area contributed by atoms with Crippen LogP contribution >= 0.6 is 0 Å². The van der Waals surface area contributed by atoms with Crippen LogP contribution in [0.2, 0.25) is 0 Å². The van der Waals surface area contributed by atoms with Crippen LogP contribution in [-0.2, 0) is 4.79 Å². The smallest absolute Gasteiger partial charge is 0.324 e. The van der Waals surface area contributed by atoms with Gasteiger partial charge in [-0.2, -0.15) is 0 Å². The molecule has 2 aliphatic heterocycles. The molecule has 5 heteroatoms. The Bertz CT molecular complexity index is 305. The molecule has 2 heterocycles. The van der Waals surface area contributed by atoms with Gasteiger partial charge in [0.25, 0.3) is 0 Å². The molecule has 2 fully saturated rings. The molecule has 0 amide bonds. The van der Waals surface area contributed by atoms with Gasteiger partial charge in [0, 0.05) is 19.1 Å². The molecule has 2 rings (SSSR count). The molecule has 0 aromatic carbocycles. The number of nitrogens with one attached hydrogen (secondary N) is 1. The lowest BCUT2D eigenvalue weighted by Gasteiger charge is -2.30. The Balaban J connectivity index is 1.86. The first-order valence-corrected chi connectivity index (χ1v) is 6.94. The van der Waals surface area contributed by atoms with Crippen molar-refractivity contribution in [2.75, 3.05) is 39.8 Å². The highest BCUT2D eigenvalue weighted by Crippen LogP contribution is 2.21. The Labute approximate surface area is 109 Å². The highest BCUT2D eigenvalue weighted by molar-refractivity contribution is 5.78. The van der Waals surface area contributed by atoms with Gasteiger partial charge in [-0.1, -0.05) is 0 Å². The molecule has 2 unspecified atom stereocenters. The maximum absolute atomic E-state index is 11.3. The van der Waals surface area contributed by atoms with Crippen molar-refractivity contribution in [3.63, 3.8) is 0 Å². The first kappa shape index (κ1) is 13.8. The minimum Gasteiger partial charge on any atom is -0.480 e. The molecule has 0 radical (unpaired) electrons. The van der Waals surface area contributed by atoms with Gasteiger partial charge in [0.05, 0.1) is 0 Å². The fraction of sp³-hybridized carbons (Fsp3) is 0.923. The SMILES string of the molecule is CNC(C)(CN1CCC(N2CCCC2)C1)C(=O)O. The van der Waals surface area contributed by atoms with Crippen LogP contribution in [0.15, 0.2) is 0 Å². The summed E-state index contributed by atoms with van der Waals surface area (Å²) in [5, 5.41) is 12.2. The topological polar surface area (TPSA) is 55.8 Å². The van der Waals surface area contributed by atoms with Crippen molar-refractivity contribution in [3.8, 4) is 0 Å². The zero-order chi connectivity index (χ0) is 13.2. The summed E-state index contributed by atoms with van der Waals surface area (Å²) in [5.74, 6) is -0.769. The maximum atomic E-state index is 11.3. The van der Waals surface area contributed by atoms with Crippen molar-refractivity contribution < 1.29 is 9.90 Å². The number of hydrogen-bond acceptors (Lipinski definition) is 4. The molecule has 0 aliphatic carbocycles. The average Bonchev–Trinajstić information content (AvgIpc) is 2.97. The van der Waals surface area contributed by atoms with Gasteiger partial charge >= 0.3 is 5.97 Å². The van der Waals surface area contributed by atoms with Crippen molar-refractivity contribution in [1.29, 1.82) is 0 Å². The van der Waals surface area contributed by atoms with Crippen LogP contribution in [0.25, 0.3) is 0 Å². The Kier molecular flexibility index (Phi) is 4.25. The number of carboxylic acid groups (broad SMARTS) is 1. The molecule has 0 aromatic heterocycles. The number of carbonyl (C=O) groups is 1.